The molecule has 1 aliphatic carbocycles. The molecule has 0 atom stereocenters. The molecule has 0 amide bonds. The van der Waals surface area contributed by atoms with E-state index in [0.29, 0.717) is 0 Å². The molecule has 2 aromatic heterocycles. The van der Waals surface area contributed by atoms with Crippen molar-refractivity contribution in [2.75, 3.05) is 0 Å². The highest BCUT2D eigenvalue weighted by Gasteiger charge is 2.21. The molecule has 84 valence electrons. The summed E-state index contributed by atoms with van der Waals surface area (Å²) in [7, 11) is 0. The Hall–Kier alpha value is -0.940. The second-order valence-corrected chi connectivity index (χ2v) is 5.55. The minimum atomic E-state index is 0.740. The van der Waals surface area contributed by atoms with Crippen LogP contribution in [0.1, 0.15) is 19.3 Å². The van der Waals surface area contributed by atoms with Crippen LogP contribution in [-0.2, 0) is 6.54 Å². The van der Waals surface area contributed by atoms with Crippen molar-refractivity contribution in [2.45, 2.75) is 25.8 Å². The zero-order chi connectivity index (χ0) is 11.0. The third kappa shape index (κ3) is 1.97. The van der Waals surface area contributed by atoms with Crippen molar-refractivity contribution in [3.8, 4) is 10.7 Å². The fourth-order valence-corrected chi connectivity index (χ4v) is 2.78. The van der Waals surface area contributed by atoms with E-state index in [1.165, 1.54) is 24.1 Å². The van der Waals surface area contributed by atoms with E-state index in [-0.39, 0.29) is 0 Å². The third-order valence-corrected chi connectivity index (χ3v) is 4.14. The Balaban J connectivity index is 1.89. The number of nitrogens with one attached hydrogen (secondary N) is 1. The summed E-state index contributed by atoms with van der Waals surface area (Å²) >= 11 is 6.97. The van der Waals surface area contributed by atoms with Crippen molar-refractivity contribution >= 4 is 23.6 Å². The number of rotatable bonds is 4. The fraction of sp³-hybridized carbons (Fsp3) is 0.455. The van der Waals surface area contributed by atoms with Crippen LogP contribution in [0.25, 0.3) is 10.7 Å². The van der Waals surface area contributed by atoms with E-state index in [4.69, 9.17) is 12.2 Å². The van der Waals surface area contributed by atoms with Crippen LogP contribution in [0.2, 0.25) is 0 Å². The van der Waals surface area contributed by atoms with Gasteiger partial charge in [-0.1, -0.05) is 18.9 Å². The summed E-state index contributed by atoms with van der Waals surface area (Å²) in [6, 6.07) is 4.13. The molecule has 0 saturated heterocycles. The minimum Gasteiger partial charge on any atom is -0.299 e. The molecule has 5 heteroatoms. The van der Waals surface area contributed by atoms with Crippen LogP contribution < -0.4 is 0 Å². The number of hydrogen-bond donors (Lipinski definition) is 1. The van der Waals surface area contributed by atoms with Gasteiger partial charge in [0.25, 0.3) is 0 Å². The minimum absolute atomic E-state index is 0.740. The largest absolute Gasteiger partial charge is 0.299 e. The van der Waals surface area contributed by atoms with Gasteiger partial charge in [-0.15, -0.1) is 11.3 Å². The molecule has 1 N–H and O–H groups in total. The molecule has 0 aromatic carbocycles. The number of aromatic nitrogens is 3. The van der Waals surface area contributed by atoms with E-state index in [2.05, 4.69) is 26.2 Å². The lowest BCUT2D eigenvalue weighted by Crippen LogP contribution is -2.01. The lowest BCUT2D eigenvalue weighted by Gasteiger charge is -2.04. The first-order chi connectivity index (χ1) is 7.84. The summed E-state index contributed by atoms with van der Waals surface area (Å²) in [5.74, 6) is 1.91. The highest BCUT2D eigenvalue weighted by atomic mass is 32.1. The summed E-state index contributed by atoms with van der Waals surface area (Å²) in [5.41, 5.74) is 0. The quantitative estimate of drug-likeness (QED) is 0.844. The highest BCUT2D eigenvalue weighted by Crippen LogP contribution is 2.33. The lowest BCUT2D eigenvalue weighted by atomic mass is 10.3. The Morgan fingerprint density at radius 3 is 3.12 bits per heavy atom. The summed E-state index contributed by atoms with van der Waals surface area (Å²) in [4.78, 5) is 1.18. The monoisotopic (exact) mass is 251 g/mol. The third-order valence-electron chi connectivity index (χ3n) is 2.96. The second-order valence-electron chi connectivity index (χ2n) is 4.21. The van der Waals surface area contributed by atoms with Crippen LogP contribution >= 0.6 is 23.6 Å². The SMILES string of the molecule is S=c1[nH]nc(-c2cccs2)n1CCC1CC1. The molecular weight excluding hydrogens is 238 g/mol. The van der Waals surface area contributed by atoms with E-state index >= 15 is 0 Å². The molecule has 0 aliphatic heterocycles. The van der Waals surface area contributed by atoms with Crippen LogP contribution in [0.15, 0.2) is 17.5 Å². The predicted molar refractivity (Wildman–Crippen MR) is 68.1 cm³/mol. The van der Waals surface area contributed by atoms with Crippen molar-refractivity contribution in [1.29, 1.82) is 0 Å². The maximum absolute atomic E-state index is 5.27. The van der Waals surface area contributed by atoms with Crippen LogP contribution in [0.4, 0.5) is 0 Å². The topological polar surface area (TPSA) is 33.6 Å². The average molecular weight is 251 g/mol. The summed E-state index contributed by atoms with van der Waals surface area (Å²) in [6.07, 6.45) is 4.01. The standard InChI is InChI=1S/C11H13N3S2/c15-11-13-12-10(9-2-1-7-16-9)14(11)6-5-8-3-4-8/h1-2,7-8H,3-6H2,(H,13,15). The molecule has 16 heavy (non-hydrogen) atoms. The van der Waals surface area contributed by atoms with Gasteiger partial charge in [-0.25, -0.2) is 0 Å². The number of nitrogens with zero attached hydrogens (tertiary/aromatic N) is 2. The Morgan fingerprint density at radius 1 is 1.56 bits per heavy atom. The number of hydrogen-bond acceptors (Lipinski definition) is 3. The van der Waals surface area contributed by atoms with Crippen LogP contribution in [-0.4, -0.2) is 14.8 Å². The normalized spacial score (nSPS) is 15.5. The van der Waals surface area contributed by atoms with Gasteiger partial charge in [-0.2, -0.15) is 5.10 Å². The van der Waals surface area contributed by atoms with Crippen molar-refractivity contribution in [1.82, 2.24) is 14.8 Å². The van der Waals surface area contributed by atoms with Gasteiger partial charge in [0.05, 0.1) is 4.88 Å². The molecule has 2 aromatic rings. The fourth-order valence-electron chi connectivity index (χ4n) is 1.84. The van der Waals surface area contributed by atoms with Gasteiger partial charge in [0.15, 0.2) is 10.6 Å². The molecule has 0 bridgehead atoms. The first-order valence-electron chi connectivity index (χ1n) is 5.53. The zero-order valence-electron chi connectivity index (χ0n) is 8.85. The van der Waals surface area contributed by atoms with E-state index in [1.54, 1.807) is 11.3 Å². The lowest BCUT2D eigenvalue weighted by molar-refractivity contribution is 0.595. The molecule has 3 rings (SSSR count). The van der Waals surface area contributed by atoms with Crippen LogP contribution in [0, 0.1) is 10.7 Å². The van der Waals surface area contributed by atoms with Crippen LogP contribution in [0.3, 0.4) is 0 Å². The van der Waals surface area contributed by atoms with E-state index in [9.17, 15) is 0 Å². The van der Waals surface area contributed by atoms with Crippen molar-refractivity contribution in [3.05, 3.63) is 22.3 Å². The molecule has 0 unspecified atom stereocenters. The molecule has 1 aliphatic rings. The van der Waals surface area contributed by atoms with Gasteiger partial charge in [0, 0.05) is 6.54 Å². The van der Waals surface area contributed by atoms with Gasteiger partial charge >= 0.3 is 0 Å². The van der Waals surface area contributed by atoms with Gasteiger partial charge < -0.3 is 0 Å². The van der Waals surface area contributed by atoms with E-state index in [0.717, 1.165) is 23.1 Å². The van der Waals surface area contributed by atoms with Gasteiger partial charge in [0.1, 0.15) is 0 Å². The highest BCUT2D eigenvalue weighted by molar-refractivity contribution is 7.71. The maximum Gasteiger partial charge on any atom is 0.195 e. The second kappa shape index (κ2) is 4.14. The van der Waals surface area contributed by atoms with Gasteiger partial charge in [0.2, 0.25) is 0 Å². The first kappa shape index (κ1) is 10.2. The molecule has 3 nitrogen and oxygen atoms in total. The first-order valence-corrected chi connectivity index (χ1v) is 6.82. The number of H-pyrrole nitrogens is 1. The van der Waals surface area contributed by atoms with E-state index in [1.807, 2.05) is 6.07 Å². The van der Waals surface area contributed by atoms with E-state index < -0.39 is 0 Å². The Labute approximate surface area is 103 Å². The molecule has 0 radical (unpaired) electrons. The summed E-state index contributed by atoms with van der Waals surface area (Å²) in [6.45, 7) is 0.993. The van der Waals surface area contributed by atoms with Crippen molar-refractivity contribution in [3.63, 3.8) is 0 Å². The summed E-state index contributed by atoms with van der Waals surface area (Å²) in [5, 5.41) is 9.27. The molecule has 1 fully saturated rings. The molecular formula is C11H13N3S2. The van der Waals surface area contributed by atoms with Crippen molar-refractivity contribution < 1.29 is 0 Å². The zero-order valence-corrected chi connectivity index (χ0v) is 10.5. The van der Waals surface area contributed by atoms with Crippen molar-refractivity contribution in [2.24, 2.45) is 5.92 Å². The van der Waals surface area contributed by atoms with Gasteiger partial charge in [-0.3, -0.25) is 9.67 Å². The smallest absolute Gasteiger partial charge is 0.195 e. The predicted octanol–water partition coefficient (Wildman–Crippen LogP) is 3.47. The molecule has 1 saturated carbocycles. The number of thiophene rings is 1. The average Bonchev–Trinajstić information content (AvgIpc) is 2.82. The maximum atomic E-state index is 5.27. The molecule has 0 spiro atoms. The number of aromatic amines is 1. The van der Waals surface area contributed by atoms with Gasteiger partial charge in [-0.05, 0) is 36.0 Å². The Morgan fingerprint density at radius 2 is 2.44 bits per heavy atom. The Bertz CT molecular complexity index is 520. The summed E-state index contributed by atoms with van der Waals surface area (Å²) < 4.78 is 2.86. The van der Waals surface area contributed by atoms with Crippen LogP contribution in [0.5, 0.6) is 0 Å². The Kier molecular flexibility index (Phi) is 2.65. The molecule has 2 heterocycles.